The number of fused-ring (bicyclic) bond motifs is 1. The van der Waals surface area contributed by atoms with E-state index in [4.69, 9.17) is 4.74 Å². The molecule has 162 valence electrons. The van der Waals surface area contributed by atoms with Crippen molar-refractivity contribution >= 4 is 22.5 Å². The molecule has 1 aromatic heterocycles. The third kappa shape index (κ3) is 4.50. The van der Waals surface area contributed by atoms with Crippen molar-refractivity contribution in [3.63, 3.8) is 0 Å². The molecule has 1 atom stereocenters. The Kier molecular flexibility index (Phi) is 6.54. The fourth-order valence-electron chi connectivity index (χ4n) is 3.39. The first-order valence-electron chi connectivity index (χ1n) is 9.78. The smallest absolute Gasteiger partial charge is 0.279 e. The van der Waals surface area contributed by atoms with Crippen LogP contribution in [0.4, 0.5) is 5.69 Å². The molecule has 1 amide bonds. The van der Waals surface area contributed by atoms with Crippen LogP contribution in [-0.4, -0.2) is 33.1 Å². The number of carbonyl (C=O) groups is 1. The van der Waals surface area contributed by atoms with E-state index in [0.29, 0.717) is 12.0 Å². The maximum absolute atomic E-state index is 12.6. The molecule has 0 aliphatic heterocycles. The molecule has 0 aliphatic carbocycles. The third-order valence-electron chi connectivity index (χ3n) is 4.98. The van der Waals surface area contributed by atoms with Crippen LogP contribution >= 0.6 is 0 Å². The molecule has 0 radical (unpaired) electrons. The highest BCUT2D eigenvalue weighted by atomic mass is 16.6. The monoisotopic (exact) mass is 425 g/mol. The summed E-state index contributed by atoms with van der Waals surface area (Å²) in [5, 5.41) is 35.6. The van der Waals surface area contributed by atoms with Gasteiger partial charge in [0.25, 0.3) is 5.69 Å². The molecule has 0 bridgehead atoms. The van der Waals surface area contributed by atoms with Gasteiger partial charge in [-0.15, -0.1) is 0 Å². The summed E-state index contributed by atoms with van der Waals surface area (Å²) >= 11 is 0. The minimum atomic E-state index is -0.927. The molecule has 3 aromatic rings. The summed E-state index contributed by atoms with van der Waals surface area (Å²) in [6.45, 7) is 1.96. The van der Waals surface area contributed by atoms with E-state index in [-0.39, 0.29) is 51.7 Å². The molecule has 9 nitrogen and oxygen atoms in total. The van der Waals surface area contributed by atoms with Crippen molar-refractivity contribution in [3.05, 3.63) is 63.8 Å². The zero-order valence-corrected chi connectivity index (χ0v) is 17.2. The molecule has 9 heteroatoms. The largest absolute Gasteiger partial charge is 0.505 e. The number of nitrogens with one attached hydrogen (secondary N) is 1. The number of unbranched alkanes of at least 4 members (excludes halogenated alkanes) is 1. The van der Waals surface area contributed by atoms with E-state index in [1.165, 1.54) is 37.6 Å². The van der Waals surface area contributed by atoms with Gasteiger partial charge in [0.2, 0.25) is 5.91 Å². The van der Waals surface area contributed by atoms with Gasteiger partial charge in [-0.05, 0) is 36.2 Å². The fraction of sp³-hybridized carbons (Fsp3) is 0.273. The van der Waals surface area contributed by atoms with Crippen molar-refractivity contribution in [1.82, 2.24) is 10.3 Å². The molecular weight excluding hydrogens is 402 g/mol. The summed E-state index contributed by atoms with van der Waals surface area (Å²) in [6.07, 6.45) is 3.18. The second kappa shape index (κ2) is 9.29. The van der Waals surface area contributed by atoms with Gasteiger partial charge in [0.05, 0.1) is 23.5 Å². The lowest BCUT2D eigenvalue weighted by Gasteiger charge is -2.22. The number of phenols is 2. The molecule has 0 saturated heterocycles. The predicted octanol–water partition coefficient (Wildman–Crippen LogP) is 3.96. The van der Waals surface area contributed by atoms with E-state index in [0.717, 1.165) is 6.42 Å². The molecule has 0 spiro atoms. The first-order valence-corrected chi connectivity index (χ1v) is 9.78. The van der Waals surface area contributed by atoms with Crippen LogP contribution in [0.1, 0.15) is 43.4 Å². The number of hydrogen-bond acceptors (Lipinski definition) is 7. The summed E-state index contributed by atoms with van der Waals surface area (Å²) < 4.78 is 5.16. The number of non-ortho nitro benzene ring substituents is 1. The van der Waals surface area contributed by atoms with Crippen molar-refractivity contribution in [1.29, 1.82) is 0 Å². The van der Waals surface area contributed by atoms with E-state index < -0.39 is 11.0 Å². The maximum atomic E-state index is 12.6. The van der Waals surface area contributed by atoms with E-state index in [9.17, 15) is 25.1 Å². The zero-order chi connectivity index (χ0) is 22.5. The minimum Gasteiger partial charge on any atom is -0.505 e. The highest BCUT2D eigenvalue weighted by molar-refractivity contribution is 5.94. The lowest BCUT2D eigenvalue weighted by atomic mass is 9.94. The van der Waals surface area contributed by atoms with Gasteiger partial charge in [0.15, 0.2) is 11.5 Å². The number of benzene rings is 2. The van der Waals surface area contributed by atoms with Crippen molar-refractivity contribution in [2.24, 2.45) is 0 Å². The number of rotatable bonds is 8. The molecule has 3 N–H and O–H groups in total. The quantitative estimate of drug-likeness (QED) is 0.367. The number of aromatic nitrogens is 1. The maximum Gasteiger partial charge on any atom is 0.279 e. The minimum absolute atomic E-state index is 0.0604. The van der Waals surface area contributed by atoms with Crippen LogP contribution in [0.15, 0.2) is 42.6 Å². The van der Waals surface area contributed by atoms with Gasteiger partial charge in [-0.25, -0.2) is 0 Å². The van der Waals surface area contributed by atoms with Gasteiger partial charge in [-0.1, -0.05) is 19.4 Å². The number of pyridine rings is 1. The standard InChI is InChI=1S/C22H23N3O6/c1-3-4-7-19(27)24-20(13-8-9-17(26)18(11-13)31-2)15-12-16(25(29)30)14-6-5-10-23-21(14)22(15)28/h5-6,8-12,20,26,28H,3-4,7H2,1-2H3,(H,24,27). The highest BCUT2D eigenvalue weighted by Crippen LogP contribution is 2.40. The second-order valence-electron chi connectivity index (χ2n) is 7.03. The first kappa shape index (κ1) is 21.8. The molecule has 0 saturated carbocycles. The number of methoxy groups -OCH3 is 1. The Hall–Kier alpha value is -3.88. The second-order valence-corrected chi connectivity index (χ2v) is 7.03. The number of amides is 1. The Balaban J connectivity index is 2.21. The van der Waals surface area contributed by atoms with E-state index in [1.807, 2.05) is 6.92 Å². The Morgan fingerprint density at radius 1 is 1.29 bits per heavy atom. The summed E-state index contributed by atoms with van der Waals surface area (Å²) in [5.74, 6) is -0.480. The topological polar surface area (TPSA) is 135 Å². The Labute approximate surface area is 178 Å². The predicted molar refractivity (Wildman–Crippen MR) is 114 cm³/mol. The van der Waals surface area contributed by atoms with Gasteiger partial charge >= 0.3 is 0 Å². The van der Waals surface area contributed by atoms with Gasteiger partial charge in [-0.2, -0.15) is 0 Å². The highest BCUT2D eigenvalue weighted by Gasteiger charge is 2.27. The molecule has 1 unspecified atom stereocenters. The number of nitrogens with zero attached hydrogens (tertiary/aromatic N) is 2. The van der Waals surface area contributed by atoms with Gasteiger partial charge < -0.3 is 20.3 Å². The summed E-state index contributed by atoms with van der Waals surface area (Å²) in [7, 11) is 1.38. The SMILES string of the molecule is CCCCC(=O)NC(c1ccc(O)c(OC)c1)c1cc([N+](=O)[O-])c2cccnc2c1O. The van der Waals surface area contributed by atoms with Crippen LogP contribution < -0.4 is 10.1 Å². The summed E-state index contributed by atoms with van der Waals surface area (Å²) in [6, 6.07) is 7.81. The fourth-order valence-corrected chi connectivity index (χ4v) is 3.39. The molecule has 1 heterocycles. The summed E-state index contributed by atoms with van der Waals surface area (Å²) in [5.41, 5.74) is 0.412. The third-order valence-corrected chi connectivity index (χ3v) is 4.98. The first-order chi connectivity index (χ1) is 14.9. The van der Waals surface area contributed by atoms with E-state index in [1.54, 1.807) is 12.1 Å². The zero-order valence-electron chi connectivity index (χ0n) is 17.2. The number of aromatic hydroxyl groups is 2. The van der Waals surface area contributed by atoms with E-state index >= 15 is 0 Å². The van der Waals surface area contributed by atoms with Crippen LogP contribution in [-0.2, 0) is 4.79 Å². The average molecular weight is 425 g/mol. The van der Waals surface area contributed by atoms with Crippen molar-refractivity contribution < 1.29 is 24.7 Å². The number of ether oxygens (including phenoxy) is 1. The van der Waals surface area contributed by atoms with Crippen LogP contribution in [0.25, 0.3) is 10.9 Å². The molecule has 2 aromatic carbocycles. The number of phenolic OH excluding ortho intramolecular Hbond substituents is 2. The Morgan fingerprint density at radius 3 is 2.74 bits per heavy atom. The average Bonchev–Trinajstić information content (AvgIpc) is 2.77. The molecule has 0 aliphatic rings. The lowest BCUT2D eigenvalue weighted by Crippen LogP contribution is -2.29. The number of carbonyl (C=O) groups excluding carboxylic acids is 1. The number of nitro benzene ring substituents is 1. The van der Waals surface area contributed by atoms with Gasteiger partial charge in [0, 0.05) is 24.2 Å². The molecular formula is C22H23N3O6. The van der Waals surface area contributed by atoms with Gasteiger partial charge in [-0.3, -0.25) is 19.9 Å². The van der Waals surface area contributed by atoms with Crippen molar-refractivity contribution in [2.45, 2.75) is 32.2 Å². The van der Waals surface area contributed by atoms with Gasteiger partial charge in [0.1, 0.15) is 11.3 Å². The van der Waals surface area contributed by atoms with Crippen LogP contribution in [0.3, 0.4) is 0 Å². The molecule has 0 fully saturated rings. The van der Waals surface area contributed by atoms with Crippen molar-refractivity contribution in [2.75, 3.05) is 7.11 Å². The molecule has 31 heavy (non-hydrogen) atoms. The normalized spacial score (nSPS) is 11.8. The van der Waals surface area contributed by atoms with Crippen LogP contribution in [0.5, 0.6) is 17.2 Å². The number of nitro groups is 1. The summed E-state index contributed by atoms with van der Waals surface area (Å²) in [4.78, 5) is 27.8. The number of hydrogen-bond donors (Lipinski definition) is 3. The molecule has 3 rings (SSSR count). The van der Waals surface area contributed by atoms with Crippen molar-refractivity contribution in [3.8, 4) is 17.2 Å². The van der Waals surface area contributed by atoms with Crippen LogP contribution in [0, 0.1) is 10.1 Å². The Bertz CT molecular complexity index is 1130. The van der Waals surface area contributed by atoms with Crippen LogP contribution in [0.2, 0.25) is 0 Å². The Morgan fingerprint density at radius 2 is 2.06 bits per heavy atom. The van der Waals surface area contributed by atoms with E-state index in [2.05, 4.69) is 10.3 Å². The lowest BCUT2D eigenvalue weighted by molar-refractivity contribution is -0.383.